The van der Waals surface area contributed by atoms with Crippen LogP contribution in [0.2, 0.25) is 0 Å². The highest BCUT2D eigenvalue weighted by atomic mass is 19.3. The number of aromatic nitrogens is 1. The number of rotatable bonds is 5. The third-order valence-corrected chi connectivity index (χ3v) is 10.4. The maximum atomic E-state index is 14.1. The van der Waals surface area contributed by atoms with Crippen LogP contribution in [0.25, 0.3) is 28.2 Å². The van der Waals surface area contributed by atoms with Gasteiger partial charge in [-0.3, -0.25) is 9.80 Å². The molecule has 2 N–H and O–H groups in total. The van der Waals surface area contributed by atoms with Crippen molar-refractivity contribution in [3.05, 3.63) is 64.7 Å². The van der Waals surface area contributed by atoms with E-state index in [-0.39, 0.29) is 24.6 Å². The number of fused-ring (bicyclic) bond motifs is 5. The second-order valence-corrected chi connectivity index (χ2v) is 13.1. The molecule has 8 heteroatoms. The molecule has 1 saturated carbocycles. The molecule has 3 aliphatic heterocycles. The van der Waals surface area contributed by atoms with E-state index in [0.29, 0.717) is 32.0 Å². The van der Waals surface area contributed by atoms with E-state index < -0.39 is 18.1 Å². The Kier molecular flexibility index (Phi) is 7.64. The van der Waals surface area contributed by atoms with Crippen molar-refractivity contribution in [2.75, 3.05) is 26.2 Å². The summed E-state index contributed by atoms with van der Waals surface area (Å²) in [5, 5.41) is 22.8. The molecule has 3 aromatic rings. The van der Waals surface area contributed by atoms with Gasteiger partial charge in [0, 0.05) is 48.6 Å². The first kappa shape index (κ1) is 28.7. The molecule has 0 radical (unpaired) electrons. The van der Waals surface area contributed by atoms with E-state index in [9.17, 15) is 23.8 Å². The zero-order valence-corrected chi connectivity index (χ0v) is 24.7. The summed E-state index contributed by atoms with van der Waals surface area (Å²) in [6.45, 7) is 2.30. The predicted molar refractivity (Wildman–Crippen MR) is 164 cm³/mol. The number of likely N-dealkylation sites (tertiary alicyclic amines) is 2. The van der Waals surface area contributed by atoms with Crippen LogP contribution in [0.15, 0.2) is 48.0 Å². The number of hydrogen-bond donors (Lipinski definition) is 2. The number of piperidine rings is 2. The number of carboxylic acids is 1. The Labute approximate surface area is 251 Å². The standard InChI is InChI=1S/C35H41F2N3O3/c36-35(37)15-6-16-39(22-35)27-13-17-38(18-14-27)33(41)26-19-24-9-4-5-10-28(24)32-31(23-7-2-1-3-8-23)29-12-11-25(34(42)43)20-30(29)40(32)21-26/h4-5,9-12,19-20,23,27,33,41H,1-3,6-8,13-18,21-22H2,(H,42,43). The van der Waals surface area contributed by atoms with Crippen molar-refractivity contribution in [3.8, 4) is 11.3 Å². The number of benzene rings is 2. The molecule has 2 saturated heterocycles. The van der Waals surface area contributed by atoms with Crippen LogP contribution in [0, 0.1) is 0 Å². The smallest absolute Gasteiger partial charge is 0.335 e. The van der Waals surface area contributed by atoms with Gasteiger partial charge in [0.05, 0.1) is 17.8 Å². The van der Waals surface area contributed by atoms with Crippen molar-refractivity contribution in [2.24, 2.45) is 0 Å². The molecule has 7 rings (SSSR count). The number of aliphatic hydroxyl groups is 1. The molecule has 43 heavy (non-hydrogen) atoms. The van der Waals surface area contributed by atoms with Crippen molar-refractivity contribution >= 4 is 22.9 Å². The van der Waals surface area contributed by atoms with Gasteiger partial charge in [0.2, 0.25) is 0 Å². The molecule has 3 fully saturated rings. The molecule has 6 nitrogen and oxygen atoms in total. The van der Waals surface area contributed by atoms with Gasteiger partial charge in [-0.05, 0) is 79.5 Å². The van der Waals surface area contributed by atoms with Gasteiger partial charge in [-0.25, -0.2) is 13.6 Å². The monoisotopic (exact) mass is 589 g/mol. The Morgan fingerprint density at radius 3 is 2.47 bits per heavy atom. The van der Waals surface area contributed by atoms with Crippen LogP contribution in [0.4, 0.5) is 8.78 Å². The largest absolute Gasteiger partial charge is 0.478 e. The molecule has 0 amide bonds. The molecule has 1 aromatic heterocycles. The lowest BCUT2D eigenvalue weighted by Gasteiger charge is -2.43. The van der Waals surface area contributed by atoms with Crippen molar-refractivity contribution < 1.29 is 23.8 Å². The van der Waals surface area contributed by atoms with Crippen LogP contribution < -0.4 is 0 Å². The number of carboxylic acid groups (broad SMARTS) is 1. The van der Waals surface area contributed by atoms with Crippen LogP contribution in [-0.2, 0) is 6.54 Å². The van der Waals surface area contributed by atoms with Gasteiger partial charge in [0.25, 0.3) is 5.92 Å². The molecule has 4 aliphatic rings. The van der Waals surface area contributed by atoms with Crippen molar-refractivity contribution in [2.45, 2.75) is 88.4 Å². The fourth-order valence-electron chi connectivity index (χ4n) is 8.23. The Bertz CT molecular complexity index is 1550. The number of carbonyl (C=O) groups is 1. The number of halogens is 2. The lowest BCUT2D eigenvalue weighted by molar-refractivity contribution is -0.0856. The highest BCUT2D eigenvalue weighted by Crippen LogP contribution is 2.47. The lowest BCUT2D eigenvalue weighted by Crippen LogP contribution is -2.53. The van der Waals surface area contributed by atoms with Gasteiger partial charge in [0.15, 0.2) is 0 Å². The molecule has 4 heterocycles. The van der Waals surface area contributed by atoms with E-state index in [0.717, 1.165) is 65.5 Å². The van der Waals surface area contributed by atoms with Gasteiger partial charge in [-0.2, -0.15) is 0 Å². The second kappa shape index (κ2) is 11.5. The minimum Gasteiger partial charge on any atom is -0.478 e. The molecule has 228 valence electrons. The summed E-state index contributed by atoms with van der Waals surface area (Å²) in [4.78, 5) is 16.1. The molecule has 1 atom stereocenters. The molecular formula is C35H41F2N3O3. The van der Waals surface area contributed by atoms with E-state index in [1.165, 1.54) is 24.8 Å². The van der Waals surface area contributed by atoms with Crippen LogP contribution in [0.1, 0.15) is 85.2 Å². The SMILES string of the molecule is O=C(O)c1ccc2c(C3CCCCC3)c3n(c2c1)CC(C(O)N1CCC(N2CCCC(F)(F)C2)CC1)=Cc1ccccc1-3. The normalized spacial score (nSPS) is 22.9. The van der Waals surface area contributed by atoms with Gasteiger partial charge in [-0.15, -0.1) is 0 Å². The van der Waals surface area contributed by atoms with Crippen LogP contribution >= 0.6 is 0 Å². The summed E-state index contributed by atoms with van der Waals surface area (Å²) in [6, 6.07) is 14.0. The summed E-state index contributed by atoms with van der Waals surface area (Å²) < 4.78 is 30.5. The maximum Gasteiger partial charge on any atom is 0.335 e. The number of hydrogen-bond acceptors (Lipinski definition) is 4. The molecule has 0 spiro atoms. The first-order valence-electron chi connectivity index (χ1n) is 16.0. The number of aromatic carboxylic acids is 1. The Morgan fingerprint density at radius 2 is 1.72 bits per heavy atom. The molecule has 1 aliphatic carbocycles. The third-order valence-electron chi connectivity index (χ3n) is 10.4. The minimum atomic E-state index is -2.61. The molecule has 0 bridgehead atoms. The first-order valence-corrected chi connectivity index (χ1v) is 16.0. The van der Waals surface area contributed by atoms with E-state index in [1.54, 1.807) is 12.1 Å². The zero-order chi connectivity index (χ0) is 29.7. The molecule has 2 aromatic carbocycles. The topological polar surface area (TPSA) is 68.9 Å². The predicted octanol–water partition coefficient (Wildman–Crippen LogP) is 6.97. The summed E-state index contributed by atoms with van der Waals surface area (Å²) in [5.41, 5.74) is 6.64. The molecular weight excluding hydrogens is 548 g/mol. The second-order valence-electron chi connectivity index (χ2n) is 13.1. The van der Waals surface area contributed by atoms with E-state index in [2.05, 4.69) is 33.7 Å². The summed E-state index contributed by atoms with van der Waals surface area (Å²) in [6.07, 6.45) is 9.18. The van der Waals surface area contributed by atoms with Crippen molar-refractivity contribution in [1.82, 2.24) is 14.4 Å². The van der Waals surface area contributed by atoms with E-state index in [1.807, 2.05) is 17.0 Å². The van der Waals surface area contributed by atoms with E-state index in [4.69, 9.17) is 0 Å². The lowest BCUT2D eigenvalue weighted by atomic mass is 9.81. The number of aliphatic hydroxyl groups excluding tert-OH is 1. The van der Waals surface area contributed by atoms with Crippen molar-refractivity contribution in [1.29, 1.82) is 0 Å². The third kappa shape index (κ3) is 5.42. The Morgan fingerprint density at radius 1 is 0.953 bits per heavy atom. The number of nitrogens with zero attached hydrogens (tertiary/aromatic N) is 3. The Hall–Kier alpha value is -3.07. The summed E-state index contributed by atoms with van der Waals surface area (Å²) in [7, 11) is 0. The quantitative estimate of drug-likeness (QED) is 0.337. The summed E-state index contributed by atoms with van der Waals surface area (Å²) in [5.74, 6) is -3.15. The minimum absolute atomic E-state index is 0.0246. The summed E-state index contributed by atoms with van der Waals surface area (Å²) >= 11 is 0. The van der Waals surface area contributed by atoms with Crippen molar-refractivity contribution in [3.63, 3.8) is 0 Å². The number of alkyl halides is 2. The highest BCUT2D eigenvalue weighted by molar-refractivity contribution is 5.99. The molecule has 1 unspecified atom stereocenters. The van der Waals surface area contributed by atoms with Crippen LogP contribution in [-0.4, -0.2) is 74.9 Å². The van der Waals surface area contributed by atoms with E-state index >= 15 is 0 Å². The fourth-order valence-corrected chi connectivity index (χ4v) is 8.23. The maximum absolute atomic E-state index is 14.1. The van der Waals surface area contributed by atoms with Gasteiger partial charge >= 0.3 is 5.97 Å². The van der Waals surface area contributed by atoms with Gasteiger partial charge in [-0.1, -0.05) is 49.6 Å². The first-order chi connectivity index (χ1) is 20.8. The van der Waals surface area contributed by atoms with Crippen LogP contribution in [0.5, 0.6) is 0 Å². The van der Waals surface area contributed by atoms with Crippen LogP contribution in [0.3, 0.4) is 0 Å². The average Bonchev–Trinajstić information content (AvgIpc) is 3.23. The zero-order valence-electron chi connectivity index (χ0n) is 24.7. The van der Waals surface area contributed by atoms with Gasteiger partial charge in [0.1, 0.15) is 6.23 Å². The van der Waals surface area contributed by atoms with Gasteiger partial charge < -0.3 is 14.8 Å². The fraction of sp³-hybridized carbons (Fsp3) is 0.514. The Balaban J connectivity index is 1.24. The average molecular weight is 590 g/mol. The highest BCUT2D eigenvalue weighted by Gasteiger charge is 2.39.